The number of hydrazone groups is 1. The van der Waals surface area contributed by atoms with Crippen LogP contribution in [0.25, 0.3) is 0 Å². The Kier molecular flexibility index (Phi) is 4.53. The van der Waals surface area contributed by atoms with Crippen LogP contribution in [0.2, 0.25) is 0 Å². The van der Waals surface area contributed by atoms with Gasteiger partial charge in [-0.15, -0.1) is 0 Å². The van der Waals surface area contributed by atoms with Crippen molar-refractivity contribution in [2.75, 3.05) is 5.01 Å². The molecule has 0 saturated carbocycles. The number of benzene rings is 2. The molecular formula is C16H14N4O5S. The minimum absolute atomic E-state index is 0.195. The smallest absolute Gasteiger partial charge is 0.294 e. The van der Waals surface area contributed by atoms with Gasteiger partial charge in [0.05, 0.1) is 16.3 Å². The van der Waals surface area contributed by atoms with E-state index in [4.69, 9.17) is 4.55 Å². The number of carbonyl (C=O) groups is 1. The minimum Gasteiger partial charge on any atom is -0.506 e. The average Bonchev–Trinajstić information content (AvgIpc) is 2.88. The summed E-state index contributed by atoms with van der Waals surface area (Å²) in [5.41, 5.74) is 0.776. The van der Waals surface area contributed by atoms with Crippen molar-refractivity contribution in [3.8, 4) is 5.75 Å². The van der Waals surface area contributed by atoms with Gasteiger partial charge in [-0.25, -0.2) is 0 Å². The third kappa shape index (κ3) is 3.46. The summed E-state index contributed by atoms with van der Waals surface area (Å²) in [4.78, 5) is 12.1. The summed E-state index contributed by atoms with van der Waals surface area (Å²) < 4.78 is 31.4. The number of azo groups is 1. The summed E-state index contributed by atoms with van der Waals surface area (Å²) in [5, 5.41) is 22.8. The first kappa shape index (κ1) is 17.7. The molecule has 0 radical (unpaired) electrons. The van der Waals surface area contributed by atoms with Crippen molar-refractivity contribution in [3.05, 3.63) is 48.5 Å². The number of para-hydroxylation sites is 1. The predicted molar refractivity (Wildman–Crippen MR) is 93.3 cm³/mol. The van der Waals surface area contributed by atoms with Crippen molar-refractivity contribution in [2.45, 2.75) is 17.9 Å². The minimum atomic E-state index is -4.46. The molecule has 2 aromatic rings. The Bertz CT molecular complexity index is 1020. The van der Waals surface area contributed by atoms with Gasteiger partial charge in [-0.3, -0.25) is 9.35 Å². The lowest BCUT2D eigenvalue weighted by molar-refractivity contribution is -0.117. The summed E-state index contributed by atoms with van der Waals surface area (Å²) in [6.45, 7) is 1.61. The third-order valence-electron chi connectivity index (χ3n) is 3.62. The Hall–Kier alpha value is -3.11. The molecule has 26 heavy (non-hydrogen) atoms. The second-order valence-electron chi connectivity index (χ2n) is 5.47. The van der Waals surface area contributed by atoms with Gasteiger partial charge >= 0.3 is 0 Å². The van der Waals surface area contributed by atoms with Gasteiger partial charge in [-0.2, -0.15) is 28.8 Å². The summed E-state index contributed by atoms with van der Waals surface area (Å²) in [7, 11) is -4.46. The number of nitrogens with zero attached hydrogens (tertiary/aromatic N) is 4. The Morgan fingerprint density at radius 3 is 2.50 bits per heavy atom. The summed E-state index contributed by atoms with van der Waals surface area (Å²) >= 11 is 0. The van der Waals surface area contributed by atoms with Crippen molar-refractivity contribution >= 4 is 33.1 Å². The number of phenolic OH excluding ortho intramolecular Hbond substituents is 1. The average molecular weight is 374 g/mol. The topological polar surface area (TPSA) is 132 Å². The first-order valence-corrected chi connectivity index (χ1v) is 8.87. The van der Waals surface area contributed by atoms with Crippen molar-refractivity contribution < 1.29 is 22.9 Å². The predicted octanol–water partition coefficient (Wildman–Crippen LogP) is 2.51. The van der Waals surface area contributed by atoms with Crippen LogP contribution in [0.15, 0.2) is 68.8 Å². The van der Waals surface area contributed by atoms with Crippen LogP contribution in [0, 0.1) is 0 Å². The highest BCUT2D eigenvalue weighted by Crippen LogP contribution is 2.30. The third-order valence-corrected chi connectivity index (χ3v) is 4.47. The normalized spacial score (nSPS) is 17.8. The lowest BCUT2D eigenvalue weighted by Gasteiger charge is -2.11. The number of hydrogen-bond acceptors (Lipinski definition) is 7. The second-order valence-corrected chi connectivity index (χ2v) is 6.89. The molecule has 0 fully saturated rings. The van der Waals surface area contributed by atoms with E-state index in [0.29, 0.717) is 11.4 Å². The van der Waals surface area contributed by atoms with E-state index in [1.807, 2.05) is 6.07 Å². The van der Waals surface area contributed by atoms with Gasteiger partial charge in [0.15, 0.2) is 6.04 Å². The number of anilines is 1. The van der Waals surface area contributed by atoms with Crippen molar-refractivity contribution in [1.29, 1.82) is 0 Å². The molecule has 1 amide bonds. The van der Waals surface area contributed by atoms with E-state index < -0.39 is 27.0 Å². The molecule has 1 aliphatic rings. The van der Waals surface area contributed by atoms with Crippen LogP contribution in [0.5, 0.6) is 5.75 Å². The van der Waals surface area contributed by atoms with Crippen LogP contribution >= 0.6 is 0 Å². The van der Waals surface area contributed by atoms with E-state index in [1.54, 1.807) is 31.2 Å². The molecule has 1 atom stereocenters. The maximum absolute atomic E-state index is 12.5. The highest BCUT2D eigenvalue weighted by atomic mass is 32.2. The van der Waals surface area contributed by atoms with Gasteiger partial charge < -0.3 is 5.11 Å². The molecule has 0 bridgehead atoms. The molecule has 10 heteroatoms. The van der Waals surface area contributed by atoms with Crippen LogP contribution in [-0.4, -0.2) is 35.7 Å². The molecule has 134 valence electrons. The monoisotopic (exact) mass is 374 g/mol. The van der Waals surface area contributed by atoms with Gasteiger partial charge in [-0.05, 0) is 37.3 Å². The molecule has 2 aromatic carbocycles. The van der Waals surface area contributed by atoms with Gasteiger partial charge in [-0.1, -0.05) is 18.2 Å². The second kappa shape index (κ2) is 6.65. The van der Waals surface area contributed by atoms with Crippen LogP contribution in [0.1, 0.15) is 6.92 Å². The quantitative estimate of drug-likeness (QED) is 0.627. The summed E-state index contributed by atoms with van der Waals surface area (Å²) in [5.74, 6) is -0.774. The molecule has 0 spiro atoms. The largest absolute Gasteiger partial charge is 0.506 e. The van der Waals surface area contributed by atoms with Gasteiger partial charge in [0.25, 0.3) is 16.0 Å². The standard InChI is InChI=1S/C16H14N4O5S/c1-10-15(16(22)20(19-10)11-5-3-2-4-6-11)18-17-13-9-12(26(23,24)25)7-8-14(13)21/h2-9,15,21H,1H3,(H,23,24,25). The Morgan fingerprint density at radius 2 is 1.85 bits per heavy atom. The number of amides is 1. The lowest BCUT2D eigenvalue weighted by Crippen LogP contribution is -2.29. The van der Waals surface area contributed by atoms with E-state index >= 15 is 0 Å². The lowest BCUT2D eigenvalue weighted by atomic mass is 10.2. The summed E-state index contributed by atoms with van der Waals surface area (Å²) in [6, 6.07) is 10.8. The Morgan fingerprint density at radius 1 is 1.15 bits per heavy atom. The maximum atomic E-state index is 12.5. The zero-order valence-electron chi connectivity index (χ0n) is 13.5. The van der Waals surface area contributed by atoms with Crippen molar-refractivity contribution in [3.63, 3.8) is 0 Å². The fraction of sp³-hybridized carbons (Fsp3) is 0.125. The van der Waals surface area contributed by atoms with Gasteiger partial charge in [0.2, 0.25) is 0 Å². The molecule has 9 nitrogen and oxygen atoms in total. The number of carbonyl (C=O) groups excluding carboxylic acids is 1. The molecule has 2 N–H and O–H groups in total. The molecule has 0 aromatic heterocycles. The van der Waals surface area contributed by atoms with Crippen LogP contribution in [0.4, 0.5) is 11.4 Å². The van der Waals surface area contributed by atoms with E-state index in [2.05, 4.69) is 15.3 Å². The molecule has 1 unspecified atom stereocenters. The number of rotatable bonds is 4. The van der Waals surface area contributed by atoms with Gasteiger partial charge in [0.1, 0.15) is 11.4 Å². The fourth-order valence-electron chi connectivity index (χ4n) is 2.31. The zero-order chi connectivity index (χ0) is 18.9. The molecule has 1 aliphatic heterocycles. The van der Waals surface area contributed by atoms with E-state index in [-0.39, 0.29) is 11.4 Å². The highest BCUT2D eigenvalue weighted by molar-refractivity contribution is 7.85. The van der Waals surface area contributed by atoms with Crippen LogP contribution in [-0.2, 0) is 14.9 Å². The molecule has 0 saturated heterocycles. The van der Waals surface area contributed by atoms with Gasteiger partial charge in [0, 0.05) is 0 Å². The van der Waals surface area contributed by atoms with E-state index in [0.717, 1.165) is 18.2 Å². The van der Waals surface area contributed by atoms with E-state index in [9.17, 15) is 18.3 Å². The molecular weight excluding hydrogens is 360 g/mol. The Balaban J connectivity index is 1.88. The van der Waals surface area contributed by atoms with Crippen molar-refractivity contribution in [2.24, 2.45) is 15.3 Å². The first-order chi connectivity index (χ1) is 12.3. The number of hydrogen-bond donors (Lipinski definition) is 2. The summed E-state index contributed by atoms with van der Waals surface area (Å²) in [6.07, 6.45) is 0. The molecule has 3 rings (SSSR count). The number of aromatic hydroxyl groups is 1. The fourth-order valence-corrected chi connectivity index (χ4v) is 2.81. The first-order valence-electron chi connectivity index (χ1n) is 7.43. The Labute approximate surface area is 149 Å². The van der Waals surface area contributed by atoms with E-state index in [1.165, 1.54) is 5.01 Å². The van der Waals surface area contributed by atoms with Crippen LogP contribution in [0.3, 0.4) is 0 Å². The van der Waals surface area contributed by atoms with Crippen molar-refractivity contribution in [1.82, 2.24) is 0 Å². The highest BCUT2D eigenvalue weighted by Gasteiger charge is 2.34. The van der Waals surface area contributed by atoms with Crippen LogP contribution < -0.4 is 5.01 Å². The molecule has 0 aliphatic carbocycles. The zero-order valence-corrected chi connectivity index (χ0v) is 14.3. The number of phenols is 1. The maximum Gasteiger partial charge on any atom is 0.294 e. The SMILES string of the molecule is CC1=NN(c2ccccc2)C(=O)C1N=Nc1cc(S(=O)(=O)O)ccc1O. The molecule has 1 heterocycles.